The van der Waals surface area contributed by atoms with Crippen LogP contribution in [-0.2, 0) is 11.2 Å². The van der Waals surface area contributed by atoms with Crippen molar-refractivity contribution in [3.63, 3.8) is 0 Å². The van der Waals surface area contributed by atoms with E-state index in [4.69, 9.17) is 0 Å². The molecule has 2 rings (SSSR count). The number of nitrogens with one attached hydrogen (secondary N) is 2. The van der Waals surface area contributed by atoms with E-state index in [0.29, 0.717) is 6.54 Å². The summed E-state index contributed by atoms with van der Waals surface area (Å²) in [5.41, 5.74) is 1.90. The number of urea groups is 1. The van der Waals surface area contributed by atoms with Crippen LogP contribution in [0.25, 0.3) is 0 Å². The number of benzene rings is 1. The molecule has 0 aliphatic heterocycles. The molecule has 2 atom stereocenters. The first-order chi connectivity index (χ1) is 10.9. The molecule has 6 heteroatoms. The van der Waals surface area contributed by atoms with Gasteiger partial charge in [0.05, 0.1) is 6.04 Å². The van der Waals surface area contributed by atoms with Crippen molar-refractivity contribution < 1.29 is 14.0 Å². The Morgan fingerprint density at radius 3 is 2.87 bits per heavy atom. The first-order valence-corrected chi connectivity index (χ1v) is 8.02. The molecular weight excluding hydrogens is 297 g/mol. The fraction of sp³-hybridized carbons (Fsp3) is 0.529. The summed E-state index contributed by atoms with van der Waals surface area (Å²) < 4.78 is 13.3. The molecule has 0 spiro atoms. The van der Waals surface area contributed by atoms with Gasteiger partial charge >= 0.3 is 6.03 Å². The van der Waals surface area contributed by atoms with E-state index in [2.05, 4.69) is 10.6 Å². The summed E-state index contributed by atoms with van der Waals surface area (Å²) in [5, 5.41) is 5.56. The van der Waals surface area contributed by atoms with Gasteiger partial charge in [-0.15, -0.1) is 0 Å². The number of likely N-dealkylation sites (N-methyl/N-ethyl adjacent to an activating group) is 1. The smallest absolute Gasteiger partial charge is 0.315 e. The third kappa shape index (κ3) is 4.21. The third-order valence-electron chi connectivity index (χ3n) is 4.29. The standard InChI is InChI=1S/C17H24FN3O2/c1-4-21(3)16(22)11(2)19-17(23)20-15-7-5-6-12-10-13(18)8-9-14(12)15/h8-11,15H,4-7H2,1-3H3,(H2,19,20,23). The average molecular weight is 321 g/mol. The van der Waals surface area contributed by atoms with Crippen LogP contribution in [0.15, 0.2) is 18.2 Å². The van der Waals surface area contributed by atoms with Gasteiger partial charge in [-0.2, -0.15) is 0 Å². The van der Waals surface area contributed by atoms with Crippen LogP contribution in [0.3, 0.4) is 0 Å². The molecule has 0 aromatic heterocycles. The van der Waals surface area contributed by atoms with Gasteiger partial charge in [-0.3, -0.25) is 4.79 Å². The number of hydrogen-bond donors (Lipinski definition) is 2. The van der Waals surface area contributed by atoms with Gasteiger partial charge in [0.25, 0.3) is 0 Å². The molecule has 0 bridgehead atoms. The lowest BCUT2D eigenvalue weighted by Gasteiger charge is -2.27. The number of halogens is 1. The number of amides is 3. The first-order valence-electron chi connectivity index (χ1n) is 8.02. The second-order valence-electron chi connectivity index (χ2n) is 5.98. The molecular formula is C17H24FN3O2. The van der Waals surface area contributed by atoms with E-state index in [0.717, 1.165) is 30.4 Å². The molecule has 0 saturated carbocycles. The molecule has 1 aromatic carbocycles. The number of rotatable bonds is 4. The Balaban J connectivity index is 1.98. The lowest BCUT2D eigenvalue weighted by molar-refractivity contribution is -0.131. The fourth-order valence-corrected chi connectivity index (χ4v) is 2.88. The maximum atomic E-state index is 13.3. The Morgan fingerprint density at radius 2 is 2.17 bits per heavy atom. The molecule has 1 aromatic rings. The van der Waals surface area contributed by atoms with Crippen LogP contribution in [0.1, 0.15) is 43.9 Å². The molecule has 0 heterocycles. The summed E-state index contributed by atoms with van der Waals surface area (Å²) in [6.45, 7) is 4.13. The number of carbonyl (C=O) groups excluding carboxylic acids is 2. The van der Waals surface area contributed by atoms with Gasteiger partial charge in [-0.25, -0.2) is 9.18 Å². The van der Waals surface area contributed by atoms with E-state index in [1.165, 1.54) is 12.1 Å². The van der Waals surface area contributed by atoms with Crippen LogP contribution >= 0.6 is 0 Å². The lowest BCUT2D eigenvalue weighted by atomic mass is 9.87. The van der Waals surface area contributed by atoms with Crippen LogP contribution in [0, 0.1) is 5.82 Å². The monoisotopic (exact) mass is 321 g/mol. The molecule has 0 saturated heterocycles. The number of hydrogen-bond acceptors (Lipinski definition) is 2. The van der Waals surface area contributed by atoms with Crippen LogP contribution < -0.4 is 10.6 Å². The third-order valence-corrected chi connectivity index (χ3v) is 4.29. The maximum Gasteiger partial charge on any atom is 0.315 e. The van der Waals surface area contributed by atoms with Crippen LogP contribution in [0.2, 0.25) is 0 Å². The molecule has 0 fully saturated rings. The quantitative estimate of drug-likeness (QED) is 0.894. The normalized spacial score (nSPS) is 17.8. The summed E-state index contributed by atoms with van der Waals surface area (Å²) in [5.74, 6) is -0.385. The zero-order valence-corrected chi connectivity index (χ0v) is 13.9. The van der Waals surface area contributed by atoms with Crippen molar-refractivity contribution >= 4 is 11.9 Å². The van der Waals surface area contributed by atoms with Crippen molar-refractivity contribution in [3.05, 3.63) is 35.1 Å². The molecule has 2 unspecified atom stereocenters. The van der Waals surface area contributed by atoms with E-state index in [1.807, 2.05) is 6.92 Å². The SMILES string of the molecule is CCN(C)C(=O)C(C)NC(=O)NC1CCCc2cc(F)ccc21. The van der Waals surface area contributed by atoms with Crippen LogP contribution in [0.4, 0.5) is 9.18 Å². The highest BCUT2D eigenvalue weighted by atomic mass is 19.1. The molecule has 1 aliphatic rings. The zero-order chi connectivity index (χ0) is 17.0. The zero-order valence-electron chi connectivity index (χ0n) is 13.9. The number of aryl methyl sites for hydroxylation is 1. The van der Waals surface area contributed by atoms with Gasteiger partial charge in [-0.1, -0.05) is 6.07 Å². The molecule has 5 nitrogen and oxygen atoms in total. The minimum atomic E-state index is -0.587. The summed E-state index contributed by atoms with van der Waals surface area (Å²) in [7, 11) is 1.70. The molecule has 1 aliphatic carbocycles. The average Bonchev–Trinajstić information content (AvgIpc) is 2.53. The summed E-state index contributed by atoms with van der Waals surface area (Å²) in [4.78, 5) is 25.7. The lowest BCUT2D eigenvalue weighted by Crippen LogP contribution is -2.49. The molecule has 3 amide bonds. The molecule has 2 N–H and O–H groups in total. The van der Waals surface area contributed by atoms with Gasteiger partial charge < -0.3 is 15.5 Å². The molecule has 0 radical (unpaired) electrons. The Hall–Kier alpha value is -2.11. The maximum absolute atomic E-state index is 13.3. The van der Waals surface area contributed by atoms with Gasteiger partial charge in [0.2, 0.25) is 5.91 Å². The fourth-order valence-electron chi connectivity index (χ4n) is 2.88. The van der Waals surface area contributed by atoms with Crippen molar-refractivity contribution in [1.29, 1.82) is 0 Å². The van der Waals surface area contributed by atoms with Crippen molar-refractivity contribution in [2.75, 3.05) is 13.6 Å². The van der Waals surface area contributed by atoms with E-state index in [9.17, 15) is 14.0 Å². The second kappa shape index (κ2) is 7.44. The van der Waals surface area contributed by atoms with E-state index >= 15 is 0 Å². The number of carbonyl (C=O) groups is 2. The highest BCUT2D eigenvalue weighted by molar-refractivity contribution is 5.86. The Labute approximate surface area is 136 Å². The molecule has 126 valence electrons. The summed E-state index contributed by atoms with van der Waals surface area (Å²) in [6.07, 6.45) is 2.53. The topological polar surface area (TPSA) is 61.4 Å². The van der Waals surface area contributed by atoms with Gasteiger partial charge in [0.1, 0.15) is 11.9 Å². The van der Waals surface area contributed by atoms with Gasteiger partial charge in [-0.05, 0) is 56.4 Å². The van der Waals surface area contributed by atoms with Crippen molar-refractivity contribution in [2.24, 2.45) is 0 Å². The molecule has 23 heavy (non-hydrogen) atoms. The van der Waals surface area contributed by atoms with E-state index in [1.54, 1.807) is 24.9 Å². The predicted octanol–water partition coefficient (Wildman–Crippen LogP) is 2.37. The van der Waals surface area contributed by atoms with Gasteiger partial charge in [0, 0.05) is 13.6 Å². The summed E-state index contributed by atoms with van der Waals surface area (Å²) in [6, 6.07) is 3.57. The first kappa shape index (κ1) is 17.2. The Kier molecular flexibility index (Phi) is 5.58. The van der Waals surface area contributed by atoms with Crippen LogP contribution in [0.5, 0.6) is 0 Å². The highest BCUT2D eigenvalue weighted by Crippen LogP contribution is 2.30. The Bertz CT molecular complexity index is 591. The van der Waals surface area contributed by atoms with Crippen molar-refractivity contribution in [1.82, 2.24) is 15.5 Å². The van der Waals surface area contributed by atoms with Crippen LogP contribution in [-0.4, -0.2) is 36.5 Å². The number of nitrogens with zero attached hydrogens (tertiary/aromatic N) is 1. The summed E-state index contributed by atoms with van der Waals surface area (Å²) >= 11 is 0. The van der Waals surface area contributed by atoms with Crippen molar-refractivity contribution in [2.45, 2.75) is 45.2 Å². The second-order valence-corrected chi connectivity index (χ2v) is 5.98. The van der Waals surface area contributed by atoms with E-state index < -0.39 is 6.04 Å². The number of fused-ring (bicyclic) bond motifs is 1. The van der Waals surface area contributed by atoms with Gasteiger partial charge in [0.15, 0.2) is 0 Å². The largest absolute Gasteiger partial charge is 0.344 e. The minimum absolute atomic E-state index is 0.131. The highest BCUT2D eigenvalue weighted by Gasteiger charge is 2.24. The van der Waals surface area contributed by atoms with E-state index in [-0.39, 0.29) is 23.8 Å². The Morgan fingerprint density at radius 1 is 1.43 bits per heavy atom. The van der Waals surface area contributed by atoms with Crippen molar-refractivity contribution in [3.8, 4) is 0 Å². The predicted molar refractivity (Wildman–Crippen MR) is 86.5 cm³/mol. The minimum Gasteiger partial charge on any atom is -0.344 e.